The van der Waals surface area contributed by atoms with Crippen molar-refractivity contribution in [2.45, 2.75) is 37.5 Å². The van der Waals surface area contributed by atoms with E-state index >= 15 is 0 Å². The number of fused-ring (bicyclic) bond motifs is 2. The number of hydrogen-bond acceptors (Lipinski definition) is 5. The summed E-state index contributed by atoms with van der Waals surface area (Å²) in [6, 6.07) is 10.0. The Hall–Kier alpha value is -2.18. The van der Waals surface area contributed by atoms with E-state index in [1.807, 2.05) is 24.3 Å². The van der Waals surface area contributed by atoms with Crippen LogP contribution in [-0.2, 0) is 4.74 Å². The fourth-order valence-corrected chi connectivity index (χ4v) is 4.45. The first-order chi connectivity index (χ1) is 13.2. The van der Waals surface area contributed by atoms with Gasteiger partial charge in [0.05, 0.1) is 25.3 Å². The van der Waals surface area contributed by atoms with Crippen LogP contribution in [-0.4, -0.2) is 60.8 Å². The van der Waals surface area contributed by atoms with Crippen LogP contribution in [0.1, 0.15) is 29.8 Å². The number of ether oxygens (including phenoxy) is 2. The summed E-state index contributed by atoms with van der Waals surface area (Å²) in [6.07, 6.45) is 3.94. The molecular formula is C21H25N3O3. The van der Waals surface area contributed by atoms with E-state index in [1.165, 1.54) is 12.8 Å². The highest BCUT2D eigenvalue weighted by Gasteiger charge is 2.42. The fourth-order valence-electron chi connectivity index (χ4n) is 4.45. The van der Waals surface area contributed by atoms with E-state index < -0.39 is 0 Å². The summed E-state index contributed by atoms with van der Waals surface area (Å²) in [5, 5.41) is 4.09. The molecule has 6 heteroatoms. The van der Waals surface area contributed by atoms with Gasteiger partial charge in [0, 0.05) is 36.6 Å². The fraction of sp³-hybridized carbons (Fsp3) is 0.524. The minimum Gasteiger partial charge on any atom is -0.496 e. The largest absolute Gasteiger partial charge is 0.496 e. The SMILES string of the molecule is COc1cc(C(=O)N[C@H]2C[C@H]3CO[C@@H](C4CC4)CN3C2)nc2ccccc12. The van der Waals surface area contributed by atoms with Crippen molar-refractivity contribution in [2.75, 3.05) is 26.8 Å². The highest BCUT2D eigenvalue weighted by molar-refractivity contribution is 5.97. The molecule has 2 aromatic rings. The molecule has 0 bridgehead atoms. The van der Waals surface area contributed by atoms with Crippen LogP contribution in [0.5, 0.6) is 5.75 Å². The van der Waals surface area contributed by atoms with Gasteiger partial charge < -0.3 is 14.8 Å². The monoisotopic (exact) mass is 367 g/mol. The molecular weight excluding hydrogens is 342 g/mol. The summed E-state index contributed by atoms with van der Waals surface area (Å²) in [5.41, 5.74) is 1.18. The highest BCUT2D eigenvalue weighted by Crippen LogP contribution is 2.38. The predicted octanol–water partition coefficient (Wildman–Crippen LogP) is 2.22. The van der Waals surface area contributed by atoms with Crippen LogP contribution in [0.2, 0.25) is 0 Å². The number of pyridine rings is 1. The minimum absolute atomic E-state index is 0.136. The van der Waals surface area contributed by atoms with Gasteiger partial charge in [0.2, 0.25) is 0 Å². The number of carbonyl (C=O) groups is 1. The maximum atomic E-state index is 12.8. The number of morpholine rings is 1. The van der Waals surface area contributed by atoms with Crippen molar-refractivity contribution in [3.63, 3.8) is 0 Å². The first-order valence-corrected chi connectivity index (χ1v) is 9.81. The summed E-state index contributed by atoms with van der Waals surface area (Å²) in [5.74, 6) is 1.30. The average molecular weight is 367 g/mol. The van der Waals surface area contributed by atoms with Gasteiger partial charge in [-0.3, -0.25) is 9.69 Å². The molecule has 2 saturated heterocycles. The average Bonchev–Trinajstić information content (AvgIpc) is 3.47. The van der Waals surface area contributed by atoms with E-state index in [-0.39, 0.29) is 11.9 Å². The molecule has 5 rings (SSSR count). The molecule has 0 unspecified atom stereocenters. The number of nitrogens with zero attached hydrogens (tertiary/aromatic N) is 2. The van der Waals surface area contributed by atoms with Crippen molar-refractivity contribution >= 4 is 16.8 Å². The van der Waals surface area contributed by atoms with Gasteiger partial charge >= 0.3 is 0 Å². The third-order valence-electron chi connectivity index (χ3n) is 6.06. The molecule has 1 saturated carbocycles. The number of nitrogens with one attached hydrogen (secondary N) is 1. The summed E-state index contributed by atoms with van der Waals surface area (Å²) in [4.78, 5) is 19.8. The second-order valence-corrected chi connectivity index (χ2v) is 7.95. The topological polar surface area (TPSA) is 63.7 Å². The Morgan fingerprint density at radius 2 is 2.15 bits per heavy atom. The first kappa shape index (κ1) is 17.0. The Kier molecular flexibility index (Phi) is 4.25. The Balaban J connectivity index is 1.29. The van der Waals surface area contributed by atoms with Crippen LogP contribution < -0.4 is 10.1 Å². The number of hydrogen-bond donors (Lipinski definition) is 1. The lowest BCUT2D eigenvalue weighted by molar-refractivity contribution is -0.0581. The van der Waals surface area contributed by atoms with Crippen LogP contribution in [0.4, 0.5) is 0 Å². The zero-order chi connectivity index (χ0) is 18.4. The van der Waals surface area contributed by atoms with E-state index in [0.29, 0.717) is 23.6 Å². The zero-order valence-corrected chi connectivity index (χ0v) is 15.6. The molecule has 0 radical (unpaired) electrons. The number of para-hydroxylation sites is 1. The molecule has 6 nitrogen and oxygen atoms in total. The van der Waals surface area contributed by atoms with Crippen LogP contribution >= 0.6 is 0 Å². The summed E-state index contributed by atoms with van der Waals surface area (Å²) >= 11 is 0. The van der Waals surface area contributed by atoms with E-state index in [9.17, 15) is 4.79 Å². The van der Waals surface area contributed by atoms with E-state index in [0.717, 1.165) is 42.9 Å². The Morgan fingerprint density at radius 1 is 1.30 bits per heavy atom. The van der Waals surface area contributed by atoms with Crippen molar-refractivity contribution < 1.29 is 14.3 Å². The summed E-state index contributed by atoms with van der Waals surface area (Å²) in [7, 11) is 1.62. The normalized spacial score (nSPS) is 28.1. The summed E-state index contributed by atoms with van der Waals surface area (Å²) < 4.78 is 11.5. The number of aromatic nitrogens is 1. The minimum atomic E-state index is -0.136. The van der Waals surface area contributed by atoms with Gasteiger partial charge in [-0.1, -0.05) is 12.1 Å². The zero-order valence-electron chi connectivity index (χ0n) is 15.6. The molecule has 1 aromatic heterocycles. The maximum absolute atomic E-state index is 12.8. The molecule has 27 heavy (non-hydrogen) atoms. The standard InChI is InChI=1S/C21H25N3O3/c1-26-19-9-18(23-17-5-3-2-4-16(17)19)21(25)22-14-8-15-12-27-20(13-6-7-13)11-24(15)10-14/h2-5,9,13-15,20H,6-8,10-12H2,1H3,(H,22,25)/t14-,15-,20+/m0/s1. The van der Waals surface area contributed by atoms with Crippen LogP contribution in [0.25, 0.3) is 10.9 Å². The van der Waals surface area contributed by atoms with Crippen molar-refractivity contribution in [1.29, 1.82) is 0 Å². The number of rotatable bonds is 4. The molecule has 3 atom stereocenters. The van der Waals surface area contributed by atoms with Crippen LogP contribution in [0.15, 0.2) is 30.3 Å². The molecule has 0 spiro atoms. The van der Waals surface area contributed by atoms with Gasteiger partial charge in [-0.05, 0) is 37.3 Å². The molecule has 3 aliphatic rings. The van der Waals surface area contributed by atoms with Gasteiger partial charge in [0.25, 0.3) is 5.91 Å². The second kappa shape index (κ2) is 6.77. The van der Waals surface area contributed by atoms with Crippen molar-refractivity contribution in [3.05, 3.63) is 36.0 Å². The van der Waals surface area contributed by atoms with Gasteiger partial charge in [0.15, 0.2) is 0 Å². The molecule has 2 aliphatic heterocycles. The Morgan fingerprint density at radius 3 is 2.96 bits per heavy atom. The molecule has 3 heterocycles. The number of benzene rings is 1. The van der Waals surface area contributed by atoms with Crippen molar-refractivity contribution in [3.8, 4) is 5.75 Å². The Labute approximate surface area is 158 Å². The predicted molar refractivity (Wildman–Crippen MR) is 102 cm³/mol. The van der Waals surface area contributed by atoms with Crippen LogP contribution in [0.3, 0.4) is 0 Å². The lowest BCUT2D eigenvalue weighted by Crippen LogP contribution is -2.47. The van der Waals surface area contributed by atoms with E-state index in [2.05, 4.69) is 15.2 Å². The van der Waals surface area contributed by atoms with E-state index in [1.54, 1.807) is 13.2 Å². The highest BCUT2D eigenvalue weighted by atomic mass is 16.5. The first-order valence-electron chi connectivity index (χ1n) is 9.81. The number of methoxy groups -OCH3 is 1. The van der Waals surface area contributed by atoms with Gasteiger partial charge in [-0.15, -0.1) is 0 Å². The molecule has 1 aliphatic carbocycles. The van der Waals surface area contributed by atoms with Crippen molar-refractivity contribution in [2.24, 2.45) is 5.92 Å². The number of amides is 1. The lowest BCUT2D eigenvalue weighted by Gasteiger charge is -2.35. The molecule has 1 N–H and O–H groups in total. The van der Waals surface area contributed by atoms with Crippen LogP contribution in [0, 0.1) is 5.92 Å². The number of carbonyl (C=O) groups excluding carboxylic acids is 1. The second-order valence-electron chi connectivity index (χ2n) is 7.95. The van der Waals surface area contributed by atoms with Gasteiger partial charge in [0.1, 0.15) is 11.4 Å². The summed E-state index contributed by atoms with van der Waals surface area (Å²) in [6.45, 7) is 2.69. The Bertz CT molecular complexity index is 867. The molecule has 142 valence electrons. The molecule has 1 amide bonds. The molecule has 3 fully saturated rings. The lowest BCUT2D eigenvalue weighted by atomic mass is 10.1. The smallest absolute Gasteiger partial charge is 0.270 e. The third-order valence-corrected chi connectivity index (χ3v) is 6.06. The van der Waals surface area contributed by atoms with Gasteiger partial charge in [-0.2, -0.15) is 0 Å². The quantitative estimate of drug-likeness (QED) is 0.898. The van der Waals surface area contributed by atoms with Gasteiger partial charge in [-0.25, -0.2) is 4.98 Å². The molecule has 1 aromatic carbocycles. The van der Waals surface area contributed by atoms with Crippen molar-refractivity contribution in [1.82, 2.24) is 15.2 Å². The third kappa shape index (κ3) is 3.28. The maximum Gasteiger partial charge on any atom is 0.270 e. The van der Waals surface area contributed by atoms with E-state index in [4.69, 9.17) is 9.47 Å².